The molecule has 88 valence electrons. The maximum atomic E-state index is 13.6. The Bertz CT molecular complexity index is 580. The molecule has 17 heavy (non-hydrogen) atoms. The van der Waals surface area contributed by atoms with E-state index in [0.29, 0.717) is 13.7 Å². The lowest BCUT2D eigenvalue weighted by Gasteiger charge is -2.01. The molecule has 1 heterocycles. The molecule has 1 aromatic heterocycles. The number of thiophene rings is 1. The second kappa shape index (κ2) is 4.76. The molecule has 2 rings (SSSR count). The highest BCUT2D eigenvalue weighted by atomic mass is 79.9. The summed E-state index contributed by atoms with van der Waals surface area (Å²) in [5, 5.41) is 0.439. The fourth-order valence-corrected chi connectivity index (χ4v) is 2.96. The van der Waals surface area contributed by atoms with Crippen LogP contribution < -0.4 is 5.73 Å². The number of halogens is 3. The summed E-state index contributed by atoms with van der Waals surface area (Å²) in [5.74, 6) is -1.03. The number of ketones is 1. The van der Waals surface area contributed by atoms with Crippen LogP contribution in [0.2, 0.25) is 5.02 Å². The van der Waals surface area contributed by atoms with Crippen LogP contribution in [0.15, 0.2) is 28.1 Å². The standard InChI is InChI=1S/C11H6BrClFNOS/c12-11-7(13)4-9(17-11)10(16)6-2-1-5(15)3-8(6)14/h1-4H,15H2. The zero-order valence-corrected chi connectivity index (χ0v) is 11.5. The van der Waals surface area contributed by atoms with Gasteiger partial charge in [-0.05, 0) is 40.2 Å². The number of nitrogen functional groups attached to an aromatic ring is 1. The fraction of sp³-hybridized carbons (Fsp3) is 0. The van der Waals surface area contributed by atoms with Gasteiger partial charge >= 0.3 is 0 Å². The summed E-state index contributed by atoms with van der Waals surface area (Å²) < 4.78 is 14.2. The fourth-order valence-electron chi connectivity index (χ4n) is 1.31. The number of anilines is 1. The SMILES string of the molecule is Nc1ccc(C(=O)c2cc(Cl)c(Br)s2)c(F)c1. The van der Waals surface area contributed by atoms with E-state index in [-0.39, 0.29) is 11.3 Å². The van der Waals surface area contributed by atoms with Crippen LogP contribution in [0.25, 0.3) is 0 Å². The molecule has 0 amide bonds. The minimum Gasteiger partial charge on any atom is -0.399 e. The van der Waals surface area contributed by atoms with E-state index in [9.17, 15) is 9.18 Å². The van der Waals surface area contributed by atoms with E-state index in [4.69, 9.17) is 17.3 Å². The van der Waals surface area contributed by atoms with Crippen LogP contribution in [-0.2, 0) is 0 Å². The topological polar surface area (TPSA) is 43.1 Å². The average Bonchev–Trinajstić information content (AvgIpc) is 2.58. The Labute approximate surface area is 114 Å². The first-order valence-electron chi connectivity index (χ1n) is 4.53. The normalized spacial score (nSPS) is 10.5. The quantitative estimate of drug-likeness (QED) is 0.663. The highest BCUT2D eigenvalue weighted by Gasteiger charge is 2.17. The van der Waals surface area contributed by atoms with Crippen LogP contribution in [0.3, 0.4) is 0 Å². The highest BCUT2D eigenvalue weighted by molar-refractivity contribution is 9.11. The third-order valence-corrected chi connectivity index (χ3v) is 4.58. The maximum absolute atomic E-state index is 13.6. The molecule has 0 spiro atoms. The highest BCUT2D eigenvalue weighted by Crippen LogP contribution is 2.33. The molecule has 1 aromatic carbocycles. The summed E-state index contributed by atoms with van der Waals surface area (Å²) in [7, 11) is 0. The maximum Gasteiger partial charge on any atom is 0.205 e. The molecule has 2 N–H and O–H groups in total. The zero-order valence-electron chi connectivity index (χ0n) is 8.34. The Morgan fingerprint density at radius 1 is 1.41 bits per heavy atom. The van der Waals surface area contributed by atoms with E-state index in [2.05, 4.69) is 15.9 Å². The molecule has 0 saturated carbocycles. The van der Waals surface area contributed by atoms with E-state index >= 15 is 0 Å². The lowest BCUT2D eigenvalue weighted by molar-refractivity contribution is 0.103. The smallest absolute Gasteiger partial charge is 0.205 e. The first kappa shape index (κ1) is 12.5. The molecular weight excluding hydrogens is 329 g/mol. The second-order valence-corrected chi connectivity index (χ2v) is 6.08. The van der Waals surface area contributed by atoms with Crippen LogP contribution in [0, 0.1) is 5.82 Å². The van der Waals surface area contributed by atoms with Crippen molar-refractivity contribution in [3.8, 4) is 0 Å². The summed E-state index contributed by atoms with van der Waals surface area (Å²) in [6, 6.07) is 5.49. The molecule has 2 aromatic rings. The second-order valence-electron chi connectivity index (χ2n) is 3.30. The third kappa shape index (κ3) is 2.51. The molecule has 0 saturated heterocycles. The van der Waals surface area contributed by atoms with Crippen LogP contribution in [0.1, 0.15) is 15.2 Å². The van der Waals surface area contributed by atoms with Gasteiger partial charge in [0.2, 0.25) is 5.78 Å². The Balaban J connectivity index is 2.43. The van der Waals surface area contributed by atoms with Gasteiger partial charge in [-0.25, -0.2) is 4.39 Å². The van der Waals surface area contributed by atoms with Crippen LogP contribution in [0.5, 0.6) is 0 Å². The van der Waals surface area contributed by atoms with E-state index in [1.54, 1.807) is 0 Å². The van der Waals surface area contributed by atoms with Crippen molar-refractivity contribution in [2.75, 3.05) is 5.73 Å². The van der Waals surface area contributed by atoms with Gasteiger partial charge in [0.05, 0.1) is 19.2 Å². The van der Waals surface area contributed by atoms with Crippen molar-refractivity contribution >= 4 is 50.3 Å². The molecule has 0 bridgehead atoms. The van der Waals surface area contributed by atoms with Gasteiger partial charge in [-0.2, -0.15) is 0 Å². The molecule has 0 aliphatic carbocycles. The number of benzene rings is 1. The minimum atomic E-state index is -0.629. The molecule has 2 nitrogen and oxygen atoms in total. The van der Waals surface area contributed by atoms with Gasteiger partial charge in [-0.1, -0.05) is 11.6 Å². The Morgan fingerprint density at radius 3 is 2.65 bits per heavy atom. The van der Waals surface area contributed by atoms with E-state index in [0.717, 1.165) is 6.07 Å². The van der Waals surface area contributed by atoms with Crippen molar-refractivity contribution in [2.24, 2.45) is 0 Å². The molecule has 0 unspecified atom stereocenters. The van der Waals surface area contributed by atoms with Gasteiger partial charge in [0.1, 0.15) is 5.82 Å². The number of hydrogen-bond donors (Lipinski definition) is 1. The summed E-state index contributed by atoms with van der Waals surface area (Å²) in [4.78, 5) is 12.4. The summed E-state index contributed by atoms with van der Waals surface area (Å²) >= 11 is 10.2. The average molecular weight is 335 g/mol. The van der Waals surface area contributed by atoms with Crippen molar-refractivity contribution in [1.29, 1.82) is 0 Å². The predicted octanol–water partition coefficient (Wildman–Crippen LogP) is 4.12. The zero-order chi connectivity index (χ0) is 12.6. The van der Waals surface area contributed by atoms with Crippen molar-refractivity contribution in [3.63, 3.8) is 0 Å². The Hall–Kier alpha value is -0.910. The lowest BCUT2D eigenvalue weighted by Crippen LogP contribution is -2.02. The van der Waals surface area contributed by atoms with Crippen molar-refractivity contribution in [1.82, 2.24) is 0 Å². The summed E-state index contributed by atoms with van der Waals surface area (Å²) in [6.07, 6.45) is 0. The van der Waals surface area contributed by atoms with Gasteiger partial charge in [-0.3, -0.25) is 4.79 Å². The molecule has 0 aliphatic heterocycles. The third-order valence-electron chi connectivity index (χ3n) is 2.11. The van der Waals surface area contributed by atoms with Crippen LogP contribution in [0.4, 0.5) is 10.1 Å². The Kier molecular flexibility index (Phi) is 3.51. The molecule has 0 radical (unpaired) electrons. The molecule has 6 heteroatoms. The molecule has 0 atom stereocenters. The molecule has 0 aliphatic rings. The number of rotatable bonds is 2. The minimum absolute atomic E-state index is 0.00961. The van der Waals surface area contributed by atoms with Crippen LogP contribution >= 0.6 is 38.9 Å². The van der Waals surface area contributed by atoms with E-state index < -0.39 is 11.6 Å². The largest absolute Gasteiger partial charge is 0.399 e. The predicted molar refractivity (Wildman–Crippen MR) is 71.3 cm³/mol. The lowest BCUT2D eigenvalue weighted by atomic mass is 10.1. The number of nitrogens with two attached hydrogens (primary N) is 1. The van der Waals surface area contributed by atoms with Gasteiger partial charge < -0.3 is 5.73 Å². The van der Waals surface area contributed by atoms with Crippen molar-refractivity contribution in [2.45, 2.75) is 0 Å². The van der Waals surface area contributed by atoms with Crippen molar-refractivity contribution in [3.05, 3.63) is 49.3 Å². The van der Waals surface area contributed by atoms with Gasteiger partial charge in [0.15, 0.2) is 0 Å². The first-order chi connectivity index (χ1) is 7.99. The van der Waals surface area contributed by atoms with Gasteiger partial charge in [-0.15, -0.1) is 11.3 Å². The summed E-state index contributed by atoms with van der Waals surface area (Å²) in [5.41, 5.74) is 5.69. The molecule has 0 fully saturated rings. The Morgan fingerprint density at radius 2 is 2.12 bits per heavy atom. The first-order valence-corrected chi connectivity index (χ1v) is 6.52. The summed E-state index contributed by atoms with van der Waals surface area (Å²) in [6.45, 7) is 0. The van der Waals surface area contributed by atoms with Crippen LogP contribution in [-0.4, -0.2) is 5.78 Å². The number of carbonyl (C=O) groups is 1. The van der Waals surface area contributed by atoms with E-state index in [1.165, 1.54) is 29.5 Å². The number of hydrogen-bond acceptors (Lipinski definition) is 3. The van der Waals surface area contributed by atoms with Crippen molar-refractivity contribution < 1.29 is 9.18 Å². The van der Waals surface area contributed by atoms with Gasteiger partial charge in [0, 0.05) is 5.69 Å². The van der Waals surface area contributed by atoms with E-state index in [1.807, 2.05) is 0 Å². The molecular formula is C11H6BrClFNOS. The number of carbonyl (C=O) groups excluding carboxylic acids is 1. The monoisotopic (exact) mass is 333 g/mol. The van der Waals surface area contributed by atoms with Gasteiger partial charge in [0.25, 0.3) is 0 Å².